The number of benzene rings is 1. The Morgan fingerprint density at radius 3 is 2.41 bits per heavy atom. The lowest BCUT2D eigenvalue weighted by Gasteiger charge is -2.53. The number of carbonyl (C=O) groups is 4. The van der Waals surface area contributed by atoms with Gasteiger partial charge in [-0.1, -0.05) is 28.9 Å². The van der Waals surface area contributed by atoms with E-state index in [9.17, 15) is 44.7 Å². The number of aliphatic hydroxyl groups excluding tert-OH is 3. The van der Waals surface area contributed by atoms with Crippen LogP contribution in [0.3, 0.4) is 0 Å². The molecule has 0 aliphatic heterocycles. The van der Waals surface area contributed by atoms with Crippen molar-refractivity contribution in [2.24, 2.45) is 17.6 Å². The number of halogens is 1. The number of nitrogens with two attached hydrogens (primary N) is 1. The summed E-state index contributed by atoms with van der Waals surface area (Å²) in [5.74, 6) is -9.98. The van der Waals surface area contributed by atoms with E-state index in [0.717, 1.165) is 0 Å². The number of fused-ring (bicyclic) bond motifs is 3. The quantitative estimate of drug-likeness (QED) is 0.138. The molecule has 1 fully saturated rings. The van der Waals surface area contributed by atoms with E-state index in [2.05, 4.69) is 21.2 Å². The van der Waals surface area contributed by atoms with Crippen LogP contribution in [-0.4, -0.2) is 97.8 Å². The molecule has 1 saturated carbocycles. The summed E-state index contributed by atoms with van der Waals surface area (Å²) in [6.45, 7) is 1.64. The number of ether oxygens (including phenoxy) is 1. The summed E-state index contributed by atoms with van der Waals surface area (Å²) < 4.78 is 4.91. The Bertz CT molecular complexity index is 1360. The number of amides is 2. The van der Waals surface area contributed by atoms with E-state index in [0.29, 0.717) is 10.9 Å². The van der Waals surface area contributed by atoms with Gasteiger partial charge in [-0.15, -0.1) is 0 Å². The van der Waals surface area contributed by atoms with Gasteiger partial charge in [-0.3, -0.25) is 24.6 Å². The minimum absolute atomic E-state index is 0.0401. The highest BCUT2D eigenvalue weighted by atomic mass is 79.9. The van der Waals surface area contributed by atoms with Crippen molar-refractivity contribution in [3.63, 3.8) is 0 Å². The Morgan fingerprint density at radius 1 is 1.21 bits per heavy atom. The zero-order valence-corrected chi connectivity index (χ0v) is 22.7. The first-order chi connectivity index (χ1) is 18.2. The predicted octanol–water partition coefficient (Wildman–Crippen LogP) is 0.439. The molecule has 0 bridgehead atoms. The molecule has 4 rings (SSSR count). The number of phenols is 1. The summed E-state index contributed by atoms with van der Waals surface area (Å²) >= 11 is 3.11. The molecule has 0 spiro atoms. The molecule has 1 aromatic rings. The molecule has 0 radical (unpaired) electrons. The number of hydrogen-bond donors (Lipinski definition) is 7. The van der Waals surface area contributed by atoms with Gasteiger partial charge in [-0.05, 0) is 31.6 Å². The van der Waals surface area contributed by atoms with Crippen molar-refractivity contribution < 1.29 is 49.4 Å². The van der Waals surface area contributed by atoms with Crippen molar-refractivity contribution in [1.82, 2.24) is 4.90 Å². The van der Waals surface area contributed by atoms with Crippen LogP contribution < -0.4 is 11.1 Å². The molecule has 210 valence electrons. The summed E-state index contributed by atoms with van der Waals surface area (Å²) in [5.41, 5.74) is 0.675. The third kappa shape index (κ3) is 4.01. The van der Waals surface area contributed by atoms with Crippen LogP contribution in [0.25, 0.3) is 5.76 Å². The number of Topliss-reactive ketones (excluding diaryl/α,β-unsaturated/α-hetero) is 2. The van der Waals surface area contributed by atoms with Gasteiger partial charge in [0.2, 0.25) is 5.78 Å². The normalized spacial score (nSPS) is 30.1. The fourth-order valence-electron chi connectivity index (χ4n) is 5.99. The van der Waals surface area contributed by atoms with E-state index in [1.807, 2.05) is 0 Å². The zero-order chi connectivity index (χ0) is 29.1. The molecular formula is C25H28BrN3O10. The van der Waals surface area contributed by atoms with E-state index >= 15 is 0 Å². The number of rotatable bonds is 5. The third-order valence-electron chi connectivity index (χ3n) is 7.68. The van der Waals surface area contributed by atoms with Crippen LogP contribution in [-0.2, 0) is 19.1 Å². The SMILES string of the molecule is C[C@@H]1c2ccc(NC(=O)OCCBr)c(O)c2C(O)=C2C(=O)[C@@]3(O)C(O)=C(C(N)=O)C(=O)[C@H](N(C)C)[C@H]3[C@H](O)[C@H]21. The second-order valence-electron chi connectivity index (χ2n) is 9.93. The number of ketones is 2. The lowest BCUT2D eigenvalue weighted by atomic mass is 9.54. The summed E-state index contributed by atoms with van der Waals surface area (Å²) in [6, 6.07) is 1.39. The number of aromatic hydroxyl groups is 1. The van der Waals surface area contributed by atoms with Gasteiger partial charge in [-0.2, -0.15) is 0 Å². The smallest absolute Gasteiger partial charge is 0.411 e. The number of alkyl halides is 1. The summed E-state index contributed by atoms with van der Waals surface area (Å²) in [5, 5.41) is 59.1. The average molecular weight is 610 g/mol. The topological polar surface area (TPSA) is 220 Å². The number of hydrogen-bond acceptors (Lipinski definition) is 11. The molecule has 0 unspecified atom stereocenters. The Hall–Kier alpha value is -3.46. The van der Waals surface area contributed by atoms with Gasteiger partial charge in [0.15, 0.2) is 11.4 Å². The van der Waals surface area contributed by atoms with Crippen molar-refractivity contribution in [3.8, 4) is 5.75 Å². The van der Waals surface area contributed by atoms with E-state index < -0.39 is 87.5 Å². The molecule has 3 aliphatic carbocycles. The fourth-order valence-corrected chi connectivity index (χ4v) is 6.16. The first kappa shape index (κ1) is 28.5. The molecule has 0 saturated heterocycles. The predicted molar refractivity (Wildman–Crippen MR) is 139 cm³/mol. The maximum Gasteiger partial charge on any atom is 0.411 e. The van der Waals surface area contributed by atoms with E-state index in [-0.39, 0.29) is 17.9 Å². The van der Waals surface area contributed by atoms with Crippen LogP contribution in [0.2, 0.25) is 0 Å². The van der Waals surface area contributed by atoms with Gasteiger partial charge in [-0.25, -0.2) is 4.79 Å². The van der Waals surface area contributed by atoms with Gasteiger partial charge in [0, 0.05) is 16.8 Å². The van der Waals surface area contributed by atoms with Gasteiger partial charge in [0.25, 0.3) is 5.91 Å². The minimum Gasteiger partial charge on any atom is -0.508 e. The number of nitrogens with zero attached hydrogens (tertiary/aromatic N) is 1. The molecule has 0 aromatic heterocycles. The molecule has 6 atom stereocenters. The molecule has 39 heavy (non-hydrogen) atoms. The standard InChI is InChI=1S/C25H28BrN3O10/c1-8-9-4-5-10(28-24(37)39-7-6-26)17(30)12(9)18(31)13-11(8)19(32)15-16(29(2)3)20(33)14(23(27)36)22(35)25(15,38)21(13)34/h4-5,8,11,15-16,19,30-32,35,38H,6-7H2,1-3H3,(H2,27,36)(H,28,37)/t8-,11+,15+,16-,19-,25-/m1/s1. The highest BCUT2D eigenvalue weighted by Crippen LogP contribution is 2.56. The van der Waals surface area contributed by atoms with Gasteiger partial charge < -0.3 is 36.0 Å². The van der Waals surface area contributed by atoms with Crippen LogP contribution in [0.4, 0.5) is 10.5 Å². The molecule has 3 aliphatic rings. The number of aliphatic hydroxyl groups is 4. The summed E-state index contributed by atoms with van der Waals surface area (Å²) in [6.07, 6.45) is -2.59. The molecular weight excluding hydrogens is 582 g/mol. The van der Waals surface area contributed by atoms with E-state index in [1.165, 1.54) is 31.1 Å². The van der Waals surface area contributed by atoms with E-state index in [4.69, 9.17) is 10.5 Å². The Morgan fingerprint density at radius 2 is 1.85 bits per heavy atom. The first-order valence-electron chi connectivity index (χ1n) is 11.9. The highest BCUT2D eigenvalue weighted by molar-refractivity contribution is 9.09. The number of anilines is 1. The van der Waals surface area contributed by atoms with Crippen molar-refractivity contribution in [1.29, 1.82) is 0 Å². The van der Waals surface area contributed by atoms with Crippen LogP contribution >= 0.6 is 15.9 Å². The average Bonchev–Trinajstić information content (AvgIpc) is 2.85. The Kier molecular flexibility index (Phi) is 7.27. The number of phenolic OH excluding ortho intramolecular Hbond substituents is 1. The van der Waals surface area contributed by atoms with Crippen LogP contribution in [0.5, 0.6) is 5.75 Å². The van der Waals surface area contributed by atoms with Crippen LogP contribution in [0.1, 0.15) is 24.0 Å². The van der Waals surface area contributed by atoms with Gasteiger partial charge in [0.1, 0.15) is 29.4 Å². The van der Waals surface area contributed by atoms with Crippen molar-refractivity contribution in [2.45, 2.75) is 30.6 Å². The number of primary amides is 1. The van der Waals surface area contributed by atoms with Gasteiger partial charge >= 0.3 is 6.09 Å². The number of carbonyl (C=O) groups excluding carboxylic acids is 4. The molecule has 13 nitrogen and oxygen atoms in total. The number of likely N-dealkylation sites (N-methyl/N-ethyl adjacent to an activating group) is 1. The second-order valence-corrected chi connectivity index (χ2v) is 10.7. The highest BCUT2D eigenvalue weighted by Gasteiger charge is 2.68. The Labute approximate surface area is 230 Å². The lowest BCUT2D eigenvalue weighted by Crippen LogP contribution is -2.70. The molecule has 8 N–H and O–H groups in total. The number of nitrogens with one attached hydrogen (secondary N) is 1. The summed E-state index contributed by atoms with van der Waals surface area (Å²) in [4.78, 5) is 52.5. The second kappa shape index (κ2) is 9.93. The third-order valence-corrected chi connectivity index (χ3v) is 8.00. The maximum absolute atomic E-state index is 13.9. The minimum atomic E-state index is -3.01. The Balaban J connectivity index is 1.94. The van der Waals surface area contributed by atoms with Crippen molar-refractivity contribution >= 4 is 50.9 Å². The molecule has 0 heterocycles. The zero-order valence-electron chi connectivity index (χ0n) is 21.1. The first-order valence-corrected chi connectivity index (χ1v) is 13.0. The maximum atomic E-state index is 13.9. The van der Waals surface area contributed by atoms with Gasteiger partial charge in [0.05, 0.1) is 29.3 Å². The monoisotopic (exact) mass is 609 g/mol. The summed E-state index contributed by atoms with van der Waals surface area (Å²) in [7, 11) is 2.86. The van der Waals surface area contributed by atoms with E-state index in [1.54, 1.807) is 6.92 Å². The lowest BCUT2D eigenvalue weighted by molar-refractivity contribution is -0.169. The fraction of sp³-hybridized carbons (Fsp3) is 0.440. The van der Waals surface area contributed by atoms with Crippen LogP contribution in [0, 0.1) is 11.8 Å². The molecule has 14 heteroatoms. The van der Waals surface area contributed by atoms with Crippen LogP contribution in [0.15, 0.2) is 29.0 Å². The van der Waals surface area contributed by atoms with Crippen molar-refractivity contribution in [3.05, 3.63) is 40.2 Å². The molecule has 1 aromatic carbocycles. The largest absolute Gasteiger partial charge is 0.508 e. The molecule has 2 amide bonds. The van der Waals surface area contributed by atoms with Crippen molar-refractivity contribution in [2.75, 3.05) is 31.3 Å².